The molecule has 0 radical (unpaired) electrons. The maximum Gasteiger partial charge on any atom is 0.410 e. The molecule has 0 spiro atoms. The fourth-order valence-electron chi connectivity index (χ4n) is 3.37. The van der Waals surface area contributed by atoms with Crippen LogP contribution in [0.25, 0.3) is 0 Å². The Morgan fingerprint density at radius 1 is 1.08 bits per heavy atom. The third-order valence-electron chi connectivity index (χ3n) is 4.58. The molecule has 0 bridgehead atoms. The molecule has 136 valence electrons. The number of amides is 1. The van der Waals surface area contributed by atoms with Crippen molar-refractivity contribution in [2.75, 3.05) is 26.2 Å². The molecule has 2 aliphatic rings. The van der Waals surface area contributed by atoms with Gasteiger partial charge < -0.3 is 14.4 Å². The van der Waals surface area contributed by atoms with E-state index in [9.17, 15) is 9.59 Å². The highest BCUT2D eigenvalue weighted by Gasteiger charge is 2.42. The van der Waals surface area contributed by atoms with Crippen LogP contribution in [-0.4, -0.2) is 65.8 Å². The summed E-state index contributed by atoms with van der Waals surface area (Å²) in [7, 11) is 0. The van der Waals surface area contributed by atoms with Crippen LogP contribution in [0.4, 0.5) is 4.79 Å². The number of esters is 1. The lowest BCUT2D eigenvalue weighted by atomic mass is 10.1. The Kier molecular flexibility index (Phi) is 4.99. The number of benzene rings is 1. The van der Waals surface area contributed by atoms with Gasteiger partial charge in [0, 0.05) is 26.2 Å². The fraction of sp³-hybridized carbons (Fsp3) is 0.579. The maximum absolute atomic E-state index is 12.3. The molecule has 0 aromatic heterocycles. The van der Waals surface area contributed by atoms with Crippen molar-refractivity contribution in [3.63, 3.8) is 0 Å². The van der Waals surface area contributed by atoms with E-state index in [1.807, 2.05) is 39.0 Å². The molecule has 2 aliphatic heterocycles. The second kappa shape index (κ2) is 7.04. The largest absolute Gasteiger partial charge is 0.457 e. The van der Waals surface area contributed by atoms with E-state index in [2.05, 4.69) is 4.90 Å². The van der Waals surface area contributed by atoms with Crippen LogP contribution in [0.3, 0.4) is 0 Å². The third kappa shape index (κ3) is 4.31. The van der Waals surface area contributed by atoms with Gasteiger partial charge in [-0.1, -0.05) is 18.2 Å². The molecule has 1 amide bonds. The van der Waals surface area contributed by atoms with Crippen molar-refractivity contribution in [2.24, 2.45) is 0 Å². The summed E-state index contributed by atoms with van der Waals surface area (Å²) in [6.45, 7) is 8.43. The topological polar surface area (TPSA) is 59.1 Å². The minimum Gasteiger partial charge on any atom is -0.457 e. The molecule has 0 aliphatic carbocycles. The molecule has 0 N–H and O–H groups in total. The lowest BCUT2D eigenvalue weighted by molar-refractivity contribution is -0.0109. The molecule has 6 nitrogen and oxygen atoms in total. The summed E-state index contributed by atoms with van der Waals surface area (Å²) in [5, 5.41) is 0. The monoisotopic (exact) mass is 346 g/mol. The summed E-state index contributed by atoms with van der Waals surface area (Å²) < 4.78 is 11.2. The minimum atomic E-state index is -0.511. The first-order valence-electron chi connectivity index (χ1n) is 8.81. The maximum atomic E-state index is 12.3. The zero-order valence-corrected chi connectivity index (χ0v) is 15.1. The molecule has 25 heavy (non-hydrogen) atoms. The van der Waals surface area contributed by atoms with E-state index >= 15 is 0 Å². The highest BCUT2D eigenvalue weighted by Crippen LogP contribution is 2.26. The lowest BCUT2D eigenvalue weighted by Crippen LogP contribution is -2.56. The van der Waals surface area contributed by atoms with Crippen molar-refractivity contribution >= 4 is 12.1 Å². The molecular weight excluding hydrogens is 320 g/mol. The van der Waals surface area contributed by atoms with E-state index in [0.29, 0.717) is 18.7 Å². The van der Waals surface area contributed by atoms with Crippen LogP contribution in [0, 0.1) is 0 Å². The van der Waals surface area contributed by atoms with Gasteiger partial charge in [0.25, 0.3) is 0 Å². The van der Waals surface area contributed by atoms with Crippen LogP contribution in [0.15, 0.2) is 30.3 Å². The molecule has 2 atom stereocenters. The van der Waals surface area contributed by atoms with Gasteiger partial charge in [-0.05, 0) is 39.3 Å². The number of ether oxygens (including phenoxy) is 2. The summed E-state index contributed by atoms with van der Waals surface area (Å²) in [4.78, 5) is 28.7. The summed E-state index contributed by atoms with van der Waals surface area (Å²) in [5.41, 5.74) is 0.0454. The standard InChI is InChI=1S/C19H26N2O4/c1-19(2,3)25-18(23)21-12-11-20-10-9-16(15(20)13-21)24-17(22)14-7-5-4-6-8-14/h4-8,15-16H,9-13H2,1-3H3. The van der Waals surface area contributed by atoms with Gasteiger partial charge in [0.1, 0.15) is 11.7 Å². The van der Waals surface area contributed by atoms with Gasteiger partial charge in [-0.2, -0.15) is 0 Å². The third-order valence-corrected chi connectivity index (χ3v) is 4.58. The second-order valence-electron chi connectivity index (χ2n) is 7.63. The van der Waals surface area contributed by atoms with Crippen molar-refractivity contribution in [3.8, 4) is 0 Å². The minimum absolute atomic E-state index is 0.0360. The van der Waals surface area contributed by atoms with Crippen LogP contribution < -0.4 is 0 Å². The number of hydrogen-bond acceptors (Lipinski definition) is 5. The molecule has 2 heterocycles. The van der Waals surface area contributed by atoms with Crippen molar-refractivity contribution < 1.29 is 19.1 Å². The van der Waals surface area contributed by atoms with Gasteiger partial charge in [-0.25, -0.2) is 9.59 Å². The Morgan fingerprint density at radius 3 is 2.48 bits per heavy atom. The molecular formula is C19H26N2O4. The zero-order chi connectivity index (χ0) is 18.0. The van der Waals surface area contributed by atoms with E-state index < -0.39 is 5.60 Å². The van der Waals surface area contributed by atoms with E-state index in [1.54, 1.807) is 17.0 Å². The molecule has 2 unspecified atom stereocenters. The Morgan fingerprint density at radius 2 is 1.80 bits per heavy atom. The Hall–Kier alpha value is -2.08. The van der Waals surface area contributed by atoms with E-state index in [4.69, 9.17) is 9.47 Å². The van der Waals surface area contributed by atoms with E-state index in [1.165, 1.54) is 0 Å². The number of rotatable bonds is 2. The van der Waals surface area contributed by atoms with E-state index in [0.717, 1.165) is 19.5 Å². The average molecular weight is 346 g/mol. The molecule has 3 rings (SSSR count). The molecule has 6 heteroatoms. The molecule has 0 saturated carbocycles. The number of piperazine rings is 1. The highest BCUT2D eigenvalue weighted by atomic mass is 16.6. The van der Waals surface area contributed by atoms with Gasteiger partial charge in [0.05, 0.1) is 11.6 Å². The molecule has 2 saturated heterocycles. The fourth-order valence-corrected chi connectivity index (χ4v) is 3.37. The van der Waals surface area contributed by atoms with Crippen molar-refractivity contribution in [1.82, 2.24) is 9.80 Å². The number of carbonyl (C=O) groups is 2. The summed E-state index contributed by atoms with van der Waals surface area (Å²) in [6, 6.07) is 9.05. The predicted octanol–water partition coefficient (Wildman–Crippen LogP) is 2.54. The molecule has 1 aromatic carbocycles. The first kappa shape index (κ1) is 17.7. The van der Waals surface area contributed by atoms with Gasteiger partial charge >= 0.3 is 12.1 Å². The Labute approximate surface area is 148 Å². The first-order valence-corrected chi connectivity index (χ1v) is 8.81. The SMILES string of the molecule is CC(C)(C)OC(=O)N1CCN2CCC(OC(=O)c3ccccc3)C2C1. The average Bonchev–Trinajstić information content (AvgIpc) is 2.96. The highest BCUT2D eigenvalue weighted by molar-refractivity contribution is 5.89. The van der Waals surface area contributed by atoms with Crippen LogP contribution in [-0.2, 0) is 9.47 Å². The lowest BCUT2D eigenvalue weighted by Gasteiger charge is -2.39. The van der Waals surface area contributed by atoms with Crippen LogP contribution in [0.1, 0.15) is 37.6 Å². The van der Waals surface area contributed by atoms with Gasteiger partial charge in [0.2, 0.25) is 0 Å². The Balaban J connectivity index is 1.62. The smallest absolute Gasteiger partial charge is 0.410 e. The predicted molar refractivity (Wildman–Crippen MR) is 93.4 cm³/mol. The van der Waals surface area contributed by atoms with Gasteiger partial charge in [-0.15, -0.1) is 0 Å². The van der Waals surface area contributed by atoms with Crippen molar-refractivity contribution in [3.05, 3.63) is 35.9 Å². The van der Waals surface area contributed by atoms with Gasteiger partial charge in [0.15, 0.2) is 0 Å². The van der Waals surface area contributed by atoms with Crippen molar-refractivity contribution in [2.45, 2.75) is 44.9 Å². The van der Waals surface area contributed by atoms with Crippen LogP contribution in [0.5, 0.6) is 0 Å². The van der Waals surface area contributed by atoms with Crippen LogP contribution >= 0.6 is 0 Å². The summed E-state index contributed by atoms with van der Waals surface area (Å²) in [6.07, 6.45) is 0.302. The Bertz CT molecular complexity index is 626. The summed E-state index contributed by atoms with van der Waals surface area (Å²) in [5.74, 6) is -0.304. The summed E-state index contributed by atoms with van der Waals surface area (Å²) >= 11 is 0. The quantitative estimate of drug-likeness (QED) is 0.770. The van der Waals surface area contributed by atoms with Crippen LogP contribution in [0.2, 0.25) is 0 Å². The van der Waals surface area contributed by atoms with Gasteiger partial charge in [-0.3, -0.25) is 4.90 Å². The van der Waals surface area contributed by atoms with Crippen molar-refractivity contribution in [1.29, 1.82) is 0 Å². The number of carbonyl (C=O) groups excluding carboxylic acids is 2. The normalized spacial score (nSPS) is 23.9. The number of fused-ring (bicyclic) bond motifs is 1. The van der Waals surface area contributed by atoms with E-state index in [-0.39, 0.29) is 24.2 Å². The zero-order valence-electron chi connectivity index (χ0n) is 15.1. The number of nitrogens with zero attached hydrogens (tertiary/aromatic N) is 2. The first-order chi connectivity index (χ1) is 11.8. The number of hydrogen-bond donors (Lipinski definition) is 0. The molecule has 1 aromatic rings. The molecule has 2 fully saturated rings. The second-order valence-corrected chi connectivity index (χ2v) is 7.63.